The molecule has 48 valence electrons. The average Bonchev–Trinajstić information content (AvgIpc) is 2.32. The molecule has 0 amide bonds. The Morgan fingerprint density at radius 2 is 2.22 bits per heavy atom. The van der Waals surface area contributed by atoms with E-state index in [-0.39, 0.29) is 17.3 Å². The standard InChI is InChI=1S/C7H9NO/c1-7(2)5(3-8)6(7)4-9/h4-6H,1-2H3/t5-,6+/m1/s1. The van der Waals surface area contributed by atoms with Gasteiger partial charge >= 0.3 is 0 Å². The van der Waals surface area contributed by atoms with Crippen LogP contribution in [0.15, 0.2) is 0 Å². The summed E-state index contributed by atoms with van der Waals surface area (Å²) in [6, 6.07) is 2.10. The average molecular weight is 123 g/mol. The van der Waals surface area contributed by atoms with Crippen molar-refractivity contribution < 1.29 is 4.79 Å². The van der Waals surface area contributed by atoms with Crippen molar-refractivity contribution in [1.29, 1.82) is 5.26 Å². The van der Waals surface area contributed by atoms with Crippen molar-refractivity contribution in [2.24, 2.45) is 17.3 Å². The molecule has 0 spiro atoms. The third-order valence-corrected chi connectivity index (χ3v) is 2.20. The lowest BCUT2D eigenvalue weighted by atomic mass is 10.1. The predicted molar refractivity (Wildman–Crippen MR) is 32.4 cm³/mol. The lowest BCUT2D eigenvalue weighted by Crippen LogP contribution is -1.89. The molecule has 0 aliphatic heterocycles. The summed E-state index contributed by atoms with van der Waals surface area (Å²) in [5, 5.41) is 8.43. The van der Waals surface area contributed by atoms with Gasteiger partial charge in [0.1, 0.15) is 6.29 Å². The van der Waals surface area contributed by atoms with E-state index in [0.717, 1.165) is 6.29 Å². The normalized spacial score (nSPS) is 37.0. The van der Waals surface area contributed by atoms with Crippen molar-refractivity contribution in [3.63, 3.8) is 0 Å². The summed E-state index contributed by atoms with van der Waals surface area (Å²) in [5.74, 6) is -0.0440. The largest absolute Gasteiger partial charge is 0.303 e. The van der Waals surface area contributed by atoms with Gasteiger partial charge < -0.3 is 4.79 Å². The van der Waals surface area contributed by atoms with Gasteiger partial charge in [-0.25, -0.2) is 0 Å². The topological polar surface area (TPSA) is 40.9 Å². The second kappa shape index (κ2) is 1.57. The Labute approximate surface area is 54.5 Å². The molecule has 2 heteroatoms. The van der Waals surface area contributed by atoms with Gasteiger partial charge in [0, 0.05) is 5.92 Å². The van der Waals surface area contributed by atoms with Crippen LogP contribution >= 0.6 is 0 Å². The summed E-state index contributed by atoms with van der Waals surface area (Å²) >= 11 is 0. The molecular weight excluding hydrogens is 114 g/mol. The lowest BCUT2D eigenvalue weighted by Gasteiger charge is -1.92. The molecule has 0 saturated heterocycles. The second-order valence-corrected chi connectivity index (χ2v) is 3.09. The van der Waals surface area contributed by atoms with Gasteiger partial charge in [-0.2, -0.15) is 5.26 Å². The molecular formula is C7H9NO. The Morgan fingerprint density at radius 1 is 1.67 bits per heavy atom. The zero-order valence-corrected chi connectivity index (χ0v) is 5.59. The lowest BCUT2D eigenvalue weighted by molar-refractivity contribution is -0.109. The predicted octanol–water partition coefficient (Wildman–Crippen LogP) is 0.981. The van der Waals surface area contributed by atoms with Gasteiger partial charge in [-0.1, -0.05) is 13.8 Å². The SMILES string of the molecule is CC1(C)[C@H](C#N)[C@@H]1C=O. The summed E-state index contributed by atoms with van der Waals surface area (Å²) in [6.45, 7) is 3.89. The van der Waals surface area contributed by atoms with Crippen molar-refractivity contribution in [2.45, 2.75) is 13.8 Å². The van der Waals surface area contributed by atoms with Crippen molar-refractivity contribution in [2.75, 3.05) is 0 Å². The van der Waals surface area contributed by atoms with Crippen LogP contribution in [0.4, 0.5) is 0 Å². The third-order valence-electron chi connectivity index (χ3n) is 2.20. The Kier molecular flexibility index (Phi) is 1.10. The van der Waals surface area contributed by atoms with E-state index in [1.54, 1.807) is 0 Å². The van der Waals surface area contributed by atoms with Crippen LogP contribution in [0.1, 0.15) is 13.8 Å². The molecule has 0 unspecified atom stereocenters. The Balaban J connectivity index is 2.68. The number of carbonyl (C=O) groups excluding carboxylic acids is 1. The summed E-state index contributed by atoms with van der Waals surface area (Å²) in [4.78, 5) is 10.2. The number of hydrogen-bond acceptors (Lipinski definition) is 2. The molecule has 1 aliphatic rings. The minimum Gasteiger partial charge on any atom is -0.303 e. The number of nitrogens with zero attached hydrogens (tertiary/aromatic N) is 1. The fourth-order valence-electron chi connectivity index (χ4n) is 1.18. The summed E-state index contributed by atoms with van der Waals surface area (Å²) in [6.07, 6.45) is 0.883. The van der Waals surface area contributed by atoms with Crippen LogP contribution in [0.5, 0.6) is 0 Å². The molecule has 0 N–H and O–H groups in total. The minimum atomic E-state index is -0.0451. The van der Waals surface area contributed by atoms with Crippen LogP contribution in [0.2, 0.25) is 0 Å². The van der Waals surface area contributed by atoms with Crippen LogP contribution in [-0.4, -0.2) is 6.29 Å². The Bertz CT molecular complexity index is 178. The maximum Gasteiger partial charge on any atom is 0.124 e. The maximum absolute atomic E-state index is 10.2. The highest BCUT2D eigenvalue weighted by Gasteiger charge is 2.58. The molecule has 2 nitrogen and oxygen atoms in total. The molecule has 1 aliphatic carbocycles. The fourth-order valence-corrected chi connectivity index (χ4v) is 1.18. The monoisotopic (exact) mass is 123 g/mol. The van der Waals surface area contributed by atoms with Gasteiger partial charge in [0.15, 0.2) is 0 Å². The molecule has 2 atom stereocenters. The number of rotatable bonds is 1. The molecule has 0 aromatic rings. The van der Waals surface area contributed by atoms with Gasteiger partial charge in [0.2, 0.25) is 0 Å². The van der Waals surface area contributed by atoms with Crippen LogP contribution in [0, 0.1) is 28.6 Å². The molecule has 0 radical (unpaired) electrons. The highest BCUT2D eigenvalue weighted by Crippen LogP contribution is 2.56. The molecule has 0 heterocycles. The van der Waals surface area contributed by atoms with E-state index in [9.17, 15) is 4.79 Å². The van der Waals surface area contributed by atoms with Crippen molar-refractivity contribution >= 4 is 6.29 Å². The smallest absolute Gasteiger partial charge is 0.124 e. The molecule has 9 heavy (non-hydrogen) atoms. The van der Waals surface area contributed by atoms with E-state index in [2.05, 4.69) is 6.07 Å². The van der Waals surface area contributed by atoms with Gasteiger partial charge in [-0.3, -0.25) is 0 Å². The molecule has 0 bridgehead atoms. The molecule has 0 aromatic carbocycles. The van der Waals surface area contributed by atoms with E-state index < -0.39 is 0 Å². The number of nitriles is 1. The number of aldehydes is 1. The first-order valence-corrected chi connectivity index (χ1v) is 2.99. The van der Waals surface area contributed by atoms with E-state index >= 15 is 0 Å². The van der Waals surface area contributed by atoms with E-state index in [0.29, 0.717) is 0 Å². The van der Waals surface area contributed by atoms with Crippen LogP contribution < -0.4 is 0 Å². The third kappa shape index (κ3) is 0.647. The zero-order valence-electron chi connectivity index (χ0n) is 5.59. The van der Waals surface area contributed by atoms with Crippen molar-refractivity contribution in [1.82, 2.24) is 0 Å². The van der Waals surface area contributed by atoms with E-state index in [1.807, 2.05) is 13.8 Å². The zero-order chi connectivity index (χ0) is 7.07. The summed E-state index contributed by atoms with van der Waals surface area (Å²) in [7, 11) is 0. The van der Waals surface area contributed by atoms with E-state index in [4.69, 9.17) is 5.26 Å². The van der Waals surface area contributed by atoms with Crippen LogP contribution in [0.25, 0.3) is 0 Å². The summed E-state index contributed by atoms with van der Waals surface area (Å²) < 4.78 is 0. The van der Waals surface area contributed by atoms with Crippen LogP contribution in [0.3, 0.4) is 0 Å². The first-order chi connectivity index (χ1) is 4.14. The Morgan fingerprint density at radius 3 is 2.33 bits per heavy atom. The fraction of sp³-hybridized carbons (Fsp3) is 0.714. The van der Waals surface area contributed by atoms with Crippen molar-refractivity contribution in [3.05, 3.63) is 0 Å². The molecule has 1 saturated carbocycles. The summed E-state index contributed by atoms with van der Waals surface area (Å²) in [5.41, 5.74) is -0.0451. The first kappa shape index (κ1) is 6.28. The molecule has 1 fully saturated rings. The minimum absolute atomic E-state index is 0.0116. The second-order valence-electron chi connectivity index (χ2n) is 3.09. The number of hydrogen-bond donors (Lipinski definition) is 0. The van der Waals surface area contributed by atoms with E-state index in [1.165, 1.54) is 0 Å². The maximum atomic E-state index is 10.2. The Hall–Kier alpha value is -0.840. The van der Waals surface area contributed by atoms with Gasteiger partial charge in [0.25, 0.3) is 0 Å². The number of carbonyl (C=O) groups is 1. The highest BCUT2D eigenvalue weighted by molar-refractivity contribution is 5.62. The quantitative estimate of drug-likeness (QED) is 0.488. The van der Waals surface area contributed by atoms with Gasteiger partial charge in [-0.05, 0) is 5.41 Å². The molecule has 1 rings (SSSR count). The highest BCUT2D eigenvalue weighted by atomic mass is 16.1. The van der Waals surface area contributed by atoms with Gasteiger partial charge in [-0.15, -0.1) is 0 Å². The van der Waals surface area contributed by atoms with Gasteiger partial charge in [0.05, 0.1) is 12.0 Å². The molecule has 0 aromatic heterocycles. The van der Waals surface area contributed by atoms with Crippen molar-refractivity contribution in [3.8, 4) is 6.07 Å². The first-order valence-electron chi connectivity index (χ1n) is 2.99. The van der Waals surface area contributed by atoms with Crippen LogP contribution in [-0.2, 0) is 4.79 Å².